The third kappa shape index (κ3) is 2.78. The molecule has 1 heterocycles. The molecule has 0 aromatic heterocycles. The number of ether oxygens (including phenoxy) is 2. The molecule has 0 unspecified atom stereocenters. The molecule has 19 heavy (non-hydrogen) atoms. The standard InChI is InChI=1S/C15H19NO3/c1-4-7-12(17)14-10(2)19-15(16-14)11-8-5-6-9-13(11)18-3/h5-6,8-10,14H,4,7H2,1-3H3/t10-,14-/m0/s1. The van der Waals surface area contributed by atoms with Gasteiger partial charge < -0.3 is 9.47 Å². The van der Waals surface area contributed by atoms with Crippen molar-refractivity contribution in [3.05, 3.63) is 29.8 Å². The van der Waals surface area contributed by atoms with E-state index in [0.717, 1.165) is 12.0 Å². The summed E-state index contributed by atoms with van der Waals surface area (Å²) in [6, 6.07) is 7.14. The van der Waals surface area contributed by atoms with E-state index in [1.807, 2.05) is 38.1 Å². The molecule has 0 saturated carbocycles. The van der Waals surface area contributed by atoms with Crippen molar-refractivity contribution < 1.29 is 14.3 Å². The number of Topliss-reactive ketones (excluding diaryl/α,β-unsaturated/α-hetero) is 1. The van der Waals surface area contributed by atoms with Crippen LogP contribution in [0.5, 0.6) is 5.75 Å². The fourth-order valence-corrected chi connectivity index (χ4v) is 2.18. The summed E-state index contributed by atoms with van der Waals surface area (Å²) in [5.74, 6) is 1.34. The average Bonchev–Trinajstić information content (AvgIpc) is 2.81. The third-order valence-corrected chi connectivity index (χ3v) is 3.16. The topological polar surface area (TPSA) is 47.9 Å². The molecule has 0 saturated heterocycles. The second-order valence-corrected chi connectivity index (χ2v) is 4.62. The molecule has 0 aliphatic carbocycles. The highest BCUT2D eigenvalue weighted by molar-refractivity contribution is 6.01. The van der Waals surface area contributed by atoms with Crippen molar-refractivity contribution in [3.63, 3.8) is 0 Å². The first-order valence-electron chi connectivity index (χ1n) is 6.58. The fourth-order valence-electron chi connectivity index (χ4n) is 2.18. The van der Waals surface area contributed by atoms with Gasteiger partial charge in [0.1, 0.15) is 17.9 Å². The number of aliphatic imine (C=N–C) groups is 1. The minimum Gasteiger partial charge on any atom is -0.496 e. The van der Waals surface area contributed by atoms with Gasteiger partial charge in [0.2, 0.25) is 5.90 Å². The summed E-state index contributed by atoms with van der Waals surface area (Å²) in [7, 11) is 1.61. The van der Waals surface area contributed by atoms with Gasteiger partial charge in [0.25, 0.3) is 0 Å². The summed E-state index contributed by atoms with van der Waals surface area (Å²) in [5, 5.41) is 0. The van der Waals surface area contributed by atoms with Crippen molar-refractivity contribution in [1.82, 2.24) is 0 Å². The van der Waals surface area contributed by atoms with Gasteiger partial charge in [-0.2, -0.15) is 0 Å². The van der Waals surface area contributed by atoms with Gasteiger partial charge in [-0.15, -0.1) is 0 Å². The Balaban J connectivity index is 2.26. The smallest absolute Gasteiger partial charge is 0.221 e. The number of nitrogens with zero attached hydrogens (tertiary/aromatic N) is 1. The Kier molecular flexibility index (Phi) is 4.20. The maximum Gasteiger partial charge on any atom is 0.221 e. The molecule has 1 aromatic rings. The lowest BCUT2D eigenvalue weighted by molar-refractivity contribution is -0.121. The van der Waals surface area contributed by atoms with Crippen molar-refractivity contribution in [1.29, 1.82) is 0 Å². The molecular weight excluding hydrogens is 242 g/mol. The molecule has 1 aliphatic heterocycles. The Morgan fingerprint density at radius 1 is 1.42 bits per heavy atom. The monoisotopic (exact) mass is 261 g/mol. The van der Waals surface area contributed by atoms with E-state index in [2.05, 4.69) is 4.99 Å². The lowest BCUT2D eigenvalue weighted by Gasteiger charge is -2.11. The predicted octanol–water partition coefficient (Wildman–Crippen LogP) is 2.60. The predicted molar refractivity (Wildman–Crippen MR) is 73.8 cm³/mol. The minimum absolute atomic E-state index is 0.139. The first-order chi connectivity index (χ1) is 9.17. The molecule has 0 N–H and O–H groups in total. The number of rotatable bonds is 5. The lowest BCUT2D eigenvalue weighted by Crippen LogP contribution is -2.27. The Bertz CT molecular complexity index is 496. The SMILES string of the molecule is CCCC(=O)[C@H]1N=C(c2ccccc2OC)O[C@H]1C. The summed E-state index contributed by atoms with van der Waals surface area (Å²) in [6.07, 6.45) is 1.17. The first kappa shape index (κ1) is 13.6. The molecule has 0 spiro atoms. The number of carbonyl (C=O) groups excluding carboxylic acids is 1. The Morgan fingerprint density at radius 3 is 2.84 bits per heavy atom. The zero-order valence-corrected chi connectivity index (χ0v) is 11.6. The van der Waals surface area contributed by atoms with Crippen LogP contribution >= 0.6 is 0 Å². The minimum atomic E-state index is -0.389. The number of hydrogen-bond acceptors (Lipinski definition) is 4. The van der Waals surface area contributed by atoms with E-state index in [0.29, 0.717) is 18.1 Å². The summed E-state index contributed by atoms with van der Waals surface area (Å²) in [6.45, 7) is 3.87. The van der Waals surface area contributed by atoms with Crippen molar-refractivity contribution in [2.24, 2.45) is 4.99 Å². The molecule has 4 heteroatoms. The van der Waals surface area contributed by atoms with Crippen LogP contribution in [0.1, 0.15) is 32.3 Å². The summed E-state index contributed by atoms with van der Waals surface area (Å²) >= 11 is 0. The molecule has 0 amide bonds. The van der Waals surface area contributed by atoms with Crippen LogP contribution in [-0.4, -0.2) is 30.9 Å². The van der Waals surface area contributed by atoms with Gasteiger partial charge in [0.15, 0.2) is 5.78 Å². The van der Waals surface area contributed by atoms with E-state index in [1.54, 1.807) is 7.11 Å². The van der Waals surface area contributed by atoms with Gasteiger partial charge in [-0.1, -0.05) is 19.1 Å². The van der Waals surface area contributed by atoms with Crippen LogP contribution in [0.3, 0.4) is 0 Å². The Morgan fingerprint density at radius 2 is 2.16 bits per heavy atom. The fraction of sp³-hybridized carbons (Fsp3) is 0.467. The van der Waals surface area contributed by atoms with E-state index < -0.39 is 0 Å². The Labute approximate surface area is 113 Å². The largest absolute Gasteiger partial charge is 0.496 e. The van der Waals surface area contributed by atoms with Crippen molar-refractivity contribution in [2.45, 2.75) is 38.8 Å². The van der Waals surface area contributed by atoms with Crippen LogP contribution in [0, 0.1) is 0 Å². The number of ketones is 1. The van der Waals surface area contributed by atoms with Crippen LogP contribution in [-0.2, 0) is 9.53 Å². The van der Waals surface area contributed by atoms with E-state index >= 15 is 0 Å². The van der Waals surface area contributed by atoms with Crippen LogP contribution < -0.4 is 4.74 Å². The first-order valence-corrected chi connectivity index (χ1v) is 6.58. The van der Waals surface area contributed by atoms with Gasteiger partial charge >= 0.3 is 0 Å². The molecule has 2 rings (SSSR count). The molecule has 0 radical (unpaired) electrons. The van der Waals surface area contributed by atoms with E-state index in [-0.39, 0.29) is 17.9 Å². The van der Waals surface area contributed by atoms with Crippen LogP contribution in [0.25, 0.3) is 0 Å². The molecule has 102 valence electrons. The van der Waals surface area contributed by atoms with E-state index in [1.165, 1.54) is 0 Å². The quantitative estimate of drug-likeness (QED) is 0.818. The van der Waals surface area contributed by atoms with E-state index in [9.17, 15) is 4.79 Å². The van der Waals surface area contributed by atoms with Gasteiger partial charge in [-0.3, -0.25) is 4.79 Å². The zero-order valence-electron chi connectivity index (χ0n) is 11.6. The normalized spacial score (nSPS) is 21.7. The number of para-hydroxylation sites is 1. The molecule has 2 atom stereocenters. The molecule has 0 bridgehead atoms. The molecular formula is C15H19NO3. The number of carbonyl (C=O) groups is 1. The van der Waals surface area contributed by atoms with Crippen LogP contribution in [0.15, 0.2) is 29.3 Å². The second kappa shape index (κ2) is 5.87. The molecule has 1 aromatic carbocycles. The summed E-state index contributed by atoms with van der Waals surface area (Å²) in [5.41, 5.74) is 0.795. The molecule has 0 fully saturated rings. The number of benzene rings is 1. The molecule has 1 aliphatic rings. The zero-order chi connectivity index (χ0) is 13.8. The van der Waals surface area contributed by atoms with Gasteiger partial charge in [0, 0.05) is 6.42 Å². The Hall–Kier alpha value is -1.84. The highest BCUT2D eigenvalue weighted by atomic mass is 16.5. The van der Waals surface area contributed by atoms with Gasteiger partial charge in [0.05, 0.1) is 12.7 Å². The van der Waals surface area contributed by atoms with Crippen molar-refractivity contribution in [2.75, 3.05) is 7.11 Å². The van der Waals surface area contributed by atoms with Gasteiger partial charge in [-0.25, -0.2) is 4.99 Å². The maximum absolute atomic E-state index is 12.0. The van der Waals surface area contributed by atoms with Crippen molar-refractivity contribution in [3.8, 4) is 5.75 Å². The third-order valence-electron chi connectivity index (χ3n) is 3.16. The van der Waals surface area contributed by atoms with E-state index in [4.69, 9.17) is 9.47 Å². The van der Waals surface area contributed by atoms with Gasteiger partial charge in [-0.05, 0) is 25.5 Å². The maximum atomic E-state index is 12.0. The average molecular weight is 261 g/mol. The summed E-state index contributed by atoms with van der Waals surface area (Å²) < 4.78 is 11.0. The second-order valence-electron chi connectivity index (χ2n) is 4.62. The highest BCUT2D eigenvalue weighted by Gasteiger charge is 2.33. The number of methoxy groups -OCH3 is 1. The molecule has 4 nitrogen and oxygen atoms in total. The van der Waals surface area contributed by atoms with Crippen LogP contribution in [0.4, 0.5) is 0 Å². The summed E-state index contributed by atoms with van der Waals surface area (Å²) in [4.78, 5) is 16.4. The van der Waals surface area contributed by atoms with Crippen LogP contribution in [0.2, 0.25) is 0 Å². The highest BCUT2D eigenvalue weighted by Crippen LogP contribution is 2.25. The lowest BCUT2D eigenvalue weighted by atomic mass is 10.1. The van der Waals surface area contributed by atoms with Crippen molar-refractivity contribution >= 4 is 11.7 Å². The number of hydrogen-bond donors (Lipinski definition) is 0.